The monoisotopic (exact) mass is 176 g/mol. The van der Waals surface area contributed by atoms with E-state index in [1.165, 1.54) is 0 Å². The van der Waals surface area contributed by atoms with Gasteiger partial charge in [0.1, 0.15) is 0 Å². The van der Waals surface area contributed by atoms with Crippen LogP contribution in [0.4, 0.5) is 0 Å². The molecule has 1 aromatic rings. The Balaban J connectivity index is 2.91. The highest BCUT2D eigenvalue weighted by Gasteiger charge is 1.99. The number of nitrogens with zero attached hydrogens (tertiary/aromatic N) is 3. The van der Waals surface area contributed by atoms with Gasteiger partial charge in [-0.15, -0.1) is 0 Å². The molecule has 0 fully saturated rings. The lowest BCUT2D eigenvalue weighted by Crippen LogP contribution is -2.10. The second-order valence-corrected chi connectivity index (χ2v) is 2.45. The molecule has 1 amide bonds. The van der Waals surface area contributed by atoms with Crippen molar-refractivity contribution < 1.29 is 4.79 Å². The minimum Gasteiger partial charge on any atom is -0.366 e. The molecule has 5 nitrogen and oxygen atoms in total. The Hall–Kier alpha value is -2.00. The second kappa shape index (κ2) is 4.13. The van der Waals surface area contributed by atoms with Gasteiger partial charge in [0.05, 0.1) is 6.54 Å². The summed E-state index contributed by atoms with van der Waals surface area (Å²) in [4.78, 5) is 13.4. The molecule has 0 spiro atoms. The van der Waals surface area contributed by atoms with Crippen LogP contribution in [-0.4, -0.2) is 5.91 Å². The molecular weight excluding hydrogens is 168 g/mol. The molecule has 0 unspecified atom stereocenters. The Morgan fingerprint density at radius 1 is 1.62 bits per heavy atom. The van der Waals surface area contributed by atoms with Crippen LogP contribution < -0.4 is 5.73 Å². The molecule has 0 aliphatic heterocycles. The number of azide groups is 1. The van der Waals surface area contributed by atoms with E-state index in [4.69, 9.17) is 11.3 Å². The third kappa shape index (κ3) is 2.50. The second-order valence-electron chi connectivity index (χ2n) is 2.45. The molecule has 0 bridgehead atoms. The van der Waals surface area contributed by atoms with Gasteiger partial charge >= 0.3 is 0 Å². The summed E-state index contributed by atoms with van der Waals surface area (Å²) >= 11 is 0. The van der Waals surface area contributed by atoms with Gasteiger partial charge in [-0.05, 0) is 23.2 Å². The largest absolute Gasteiger partial charge is 0.366 e. The van der Waals surface area contributed by atoms with E-state index in [0.717, 1.165) is 5.56 Å². The number of hydrogen-bond acceptors (Lipinski definition) is 2. The van der Waals surface area contributed by atoms with Crippen molar-refractivity contribution >= 4 is 5.91 Å². The molecule has 0 atom stereocenters. The molecular formula is C8H8N4O. The molecule has 0 heterocycles. The van der Waals surface area contributed by atoms with E-state index in [0.29, 0.717) is 5.56 Å². The molecule has 5 heteroatoms. The zero-order chi connectivity index (χ0) is 9.68. The predicted molar refractivity (Wildman–Crippen MR) is 47.8 cm³/mol. The fourth-order valence-electron chi connectivity index (χ4n) is 0.936. The highest BCUT2D eigenvalue weighted by Crippen LogP contribution is 2.05. The number of carbonyl (C=O) groups excluding carboxylic acids is 1. The molecule has 0 saturated heterocycles. The van der Waals surface area contributed by atoms with Crippen LogP contribution in [0.25, 0.3) is 10.4 Å². The first kappa shape index (κ1) is 9.09. The van der Waals surface area contributed by atoms with Gasteiger partial charge in [-0.25, -0.2) is 0 Å². The van der Waals surface area contributed by atoms with Gasteiger partial charge in [-0.1, -0.05) is 17.2 Å². The van der Waals surface area contributed by atoms with Gasteiger partial charge in [-0.3, -0.25) is 4.79 Å². The summed E-state index contributed by atoms with van der Waals surface area (Å²) in [6, 6.07) is 6.68. The van der Waals surface area contributed by atoms with Crippen LogP contribution in [0.1, 0.15) is 15.9 Å². The quantitative estimate of drug-likeness (QED) is 0.422. The van der Waals surface area contributed by atoms with Crippen LogP contribution >= 0.6 is 0 Å². The van der Waals surface area contributed by atoms with Gasteiger partial charge in [0.25, 0.3) is 0 Å². The molecule has 0 aliphatic carbocycles. The van der Waals surface area contributed by atoms with Crippen molar-refractivity contribution in [2.45, 2.75) is 6.54 Å². The number of benzene rings is 1. The Morgan fingerprint density at radius 2 is 2.38 bits per heavy atom. The van der Waals surface area contributed by atoms with Gasteiger partial charge in [-0.2, -0.15) is 0 Å². The normalized spacial score (nSPS) is 8.92. The van der Waals surface area contributed by atoms with E-state index in [1.54, 1.807) is 24.3 Å². The first-order valence-corrected chi connectivity index (χ1v) is 3.63. The molecule has 0 saturated carbocycles. The zero-order valence-electron chi connectivity index (χ0n) is 6.84. The maximum Gasteiger partial charge on any atom is 0.248 e. The highest BCUT2D eigenvalue weighted by atomic mass is 16.1. The maximum absolute atomic E-state index is 10.7. The summed E-state index contributed by atoms with van der Waals surface area (Å²) < 4.78 is 0. The minimum atomic E-state index is -0.484. The summed E-state index contributed by atoms with van der Waals surface area (Å²) in [5, 5.41) is 3.37. The molecule has 13 heavy (non-hydrogen) atoms. The lowest BCUT2D eigenvalue weighted by molar-refractivity contribution is 0.1000. The average molecular weight is 176 g/mol. The number of rotatable bonds is 3. The first-order chi connectivity index (χ1) is 6.24. The molecule has 66 valence electrons. The summed E-state index contributed by atoms with van der Waals surface area (Å²) in [7, 11) is 0. The van der Waals surface area contributed by atoms with Crippen LogP contribution in [0.5, 0.6) is 0 Å². The maximum atomic E-state index is 10.7. The van der Waals surface area contributed by atoms with Crippen molar-refractivity contribution in [2.24, 2.45) is 10.8 Å². The minimum absolute atomic E-state index is 0.234. The summed E-state index contributed by atoms with van der Waals surface area (Å²) in [5.74, 6) is -0.484. The lowest BCUT2D eigenvalue weighted by atomic mass is 10.1. The van der Waals surface area contributed by atoms with E-state index >= 15 is 0 Å². The van der Waals surface area contributed by atoms with Crippen LogP contribution in [0.3, 0.4) is 0 Å². The van der Waals surface area contributed by atoms with Gasteiger partial charge in [0.2, 0.25) is 5.91 Å². The van der Waals surface area contributed by atoms with Gasteiger partial charge in [0, 0.05) is 10.5 Å². The first-order valence-electron chi connectivity index (χ1n) is 3.63. The zero-order valence-corrected chi connectivity index (χ0v) is 6.84. The van der Waals surface area contributed by atoms with E-state index in [9.17, 15) is 4.79 Å². The van der Waals surface area contributed by atoms with Crippen molar-refractivity contribution in [1.82, 2.24) is 0 Å². The van der Waals surface area contributed by atoms with Crippen LogP contribution in [0.2, 0.25) is 0 Å². The number of hydrogen-bond donors (Lipinski definition) is 1. The van der Waals surface area contributed by atoms with E-state index in [1.807, 2.05) is 0 Å². The van der Waals surface area contributed by atoms with E-state index in [-0.39, 0.29) is 6.54 Å². The predicted octanol–water partition coefficient (Wildman–Crippen LogP) is 1.60. The van der Waals surface area contributed by atoms with E-state index in [2.05, 4.69) is 10.0 Å². The fourth-order valence-corrected chi connectivity index (χ4v) is 0.936. The summed E-state index contributed by atoms with van der Waals surface area (Å²) in [5.41, 5.74) is 14.3. The molecule has 1 rings (SSSR count). The van der Waals surface area contributed by atoms with Crippen LogP contribution in [0.15, 0.2) is 29.4 Å². The topological polar surface area (TPSA) is 91.8 Å². The molecule has 0 aromatic heterocycles. The average Bonchev–Trinajstić information content (AvgIpc) is 2.15. The number of amides is 1. The number of nitrogens with two attached hydrogens (primary N) is 1. The van der Waals surface area contributed by atoms with Crippen LogP contribution in [-0.2, 0) is 6.54 Å². The van der Waals surface area contributed by atoms with Crippen molar-refractivity contribution in [3.63, 3.8) is 0 Å². The Labute approximate surface area is 74.8 Å². The van der Waals surface area contributed by atoms with E-state index < -0.39 is 5.91 Å². The van der Waals surface area contributed by atoms with Crippen molar-refractivity contribution in [3.8, 4) is 0 Å². The van der Waals surface area contributed by atoms with Crippen molar-refractivity contribution in [3.05, 3.63) is 45.8 Å². The van der Waals surface area contributed by atoms with Gasteiger partial charge < -0.3 is 5.73 Å². The summed E-state index contributed by atoms with van der Waals surface area (Å²) in [6.07, 6.45) is 0. The Bertz CT molecular complexity index is 368. The highest BCUT2D eigenvalue weighted by molar-refractivity contribution is 5.92. The third-order valence-electron chi connectivity index (χ3n) is 1.53. The van der Waals surface area contributed by atoms with Gasteiger partial charge in [0.15, 0.2) is 0 Å². The Morgan fingerprint density at radius 3 is 3.00 bits per heavy atom. The molecule has 0 aliphatic rings. The molecule has 2 N–H and O–H groups in total. The summed E-state index contributed by atoms with van der Waals surface area (Å²) in [6.45, 7) is 0.234. The molecule has 1 aromatic carbocycles. The Kier molecular flexibility index (Phi) is 2.89. The number of carbonyl (C=O) groups is 1. The van der Waals surface area contributed by atoms with Crippen LogP contribution in [0, 0.1) is 0 Å². The SMILES string of the molecule is [N-]=[N+]=NCc1cccc(C(N)=O)c1. The lowest BCUT2D eigenvalue weighted by Gasteiger charge is -1.97. The fraction of sp³-hybridized carbons (Fsp3) is 0.125. The standard InChI is InChI=1S/C8H8N4O/c9-8(13)7-3-1-2-6(4-7)5-11-12-10/h1-4H,5H2,(H2,9,13). The third-order valence-corrected chi connectivity index (χ3v) is 1.53. The number of primary amides is 1. The van der Waals surface area contributed by atoms with Crippen molar-refractivity contribution in [1.29, 1.82) is 0 Å². The smallest absolute Gasteiger partial charge is 0.248 e. The van der Waals surface area contributed by atoms with Crippen molar-refractivity contribution in [2.75, 3.05) is 0 Å². The molecule has 0 radical (unpaired) electrons.